The van der Waals surface area contributed by atoms with Crippen LogP contribution in [0.25, 0.3) is 6.08 Å². The number of fused-ring (bicyclic) bond motifs is 7. The highest BCUT2D eigenvalue weighted by Gasteiger charge is 2.47. The molecule has 0 radical (unpaired) electrons. The Morgan fingerprint density at radius 3 is 2.33 bits per heavy atom. The third kappa shape index (κ3) is 7.41. The maximum Gasteiger partial charge on any atom is 0.249 e. The molecule has 6 atom stereocenters. The van der Waals surface area contributed by atoms with Gasteiger partial charge in [-0.1, -0.05) is 56.3 Å². The Morgan fingerprint density at radius 2 is 1.70 bits per heavy atom. The van der Waals surface area contributed by atoms with Crippen LogP contribution in [-0.2, 0) is 19.2 Å². The summed E-state index contributed by atoms with van der Waals surface area (Å²) in [5.74, 6) is -1.78. The highest BCUT2D eigenvalue weighted by molar-refractivity contribution is 5.96. The predicted molar refractivity (Wildman–Crippen MR) is 161 cm³/mol. The number of hydrogen-bond acceptors (Lipinski definition) is 7. The molecule has 2 bridgehead atoms. The number of amides is 4. The average molecular weight is 592 g/mol. The number of likely N-dealkylation sites (tertiary alicyclic amines) is 1. The number of rotatable bonds is 7. The molecule has 11 heteroatoms. The number of carbonyl (C=O) groups is 4. The molecule has 5 rings (SSSR count). The van der Waals surface area contributed by atoms with Gasteiger partial charge in [0.1, 0.15) is 36.1 Å². The van der Waals surface area contributed by atoms with Crippen LogP contribution in [0.4, 0.5) is 0 Å². The smallest absolute Gasteiger partial charge is 0.249 e. The fraction of sp³-hybridized carbons (Fsp3) is 0.438. The molecule has 0 aliphatic carbocycles. The number of aliphatic hydroxyl groups is 1. The monoisotopic (exact) mass is 591 g/mol. The number of benzene rings is 2. The summed E-state index contributed by atoms with van der Waals surface area (Å²) in [5.41, 5.74) is 1.24. The molecule has 4 N–H and O–H groups in total. The minimum Gasteiger partial charge on any atom is -0.488 e. The molecule has 2 aromatic rings. The van der Waals surface area contributed by atoms with Gasteiger partial charge in [0.05, 0.1) is 6.04 Å². The molecular formula is C32H41N5O6. The molecule has 4 amide bonds. The summed E-state index contributed by atoms with van der Waals surface area (Å²) in [6.07, 6.45) is 1.37. The topological polar surface area (TPSA) is 140 Å². The molecule has 0 unspecified atom stereocenters. The second kappa shape index (κ2) is 13.8. The number of nitrogens with zero attached hydrogens (tertiary/aromatic N) is 2. The molecule has 1 saturated heterocycles. The summed E-state index contributed by atoms with van der Waals surface area (Å²) in [4.78, 5) is 57.5. The van der Waals surface area contributed by atoms with Gasteiger partial charge >= 0.3 is 0 Å². The van der Waals surface area contributed by atoms with Gasteiger partial charge in [-0.2, -0.15) is 0 Å². The van der Waals surface area contributed by atoms with E-state index in [0.717, 1.165) is 5.56 Å². The first-order valence-electron chi connectivity index (χ1n) is 14.5. The summed E-state index contributed by atoms with van der Waals surface area (Å²) in [7, 11) is 3.55. The van der Waals surface area contributed by atoms with Gasteiger partial charge in [-0.05, 0) is 56.3 Å². The molecule has 2 aromatic carbocycles. The van der Waals surface area contributed by atoms with Crippen molar-refractivity contribution in [2.45, 2.75) is 63.6 Å². The van der Waals surface area contributed by atoms with Crippen molar-refractivity contribution in [1.29, 1.82) is 0 Å². The lowest BCUT2D eigenvalue weighted by Crippen LogP contribution is -2.61. The zero-order valence-corrected chi connectivity index (χ0v) is 25.2. The predicted octanol–water partition coefficient (Wildman–Crippen LogP) is 1.44. The quantitative estimate of drug-likeness (QED) is 0.382. The fourth-order valence-corrected chi connectivity index (χ4v) is 5.16. The van der Waals surface area contributed by atoms with Crippen LogP contribution in [0.5, 0.6) is 5.75 Å². The van der Waals surface area contributed by atoms with Crippen LogP contribution >= 0.6 is 0 Å². The van der Waals surface area contributed by atoms with Crippen molar-refractivity contribution in [3.05, 3.63) is 71.9 Å². The van der Waals surface area contributed by atoms with Crippen LogP contribution in [0.3, 0.4) is 0 Å². The summed E-state index contributed by atoms with van der Waals surface area (Å²) in [6.45, 7) is 5.59. The molecule has 0 aromatic heterocycles. The lowest BCUT2D eigenvalue weighted by atomic mass is 9.99. The highest BCUT2D eigenvalue weighted by Crippen LogP contribution is 2.27. The first-order chi connectivity index (χ1) is 20.5. The van der Waals surface area contributed by atoms with Crippen LogP contribution < -0.4 is 20.7 Å². The summed E-state index contributed by atoms with van der Waals surface area (Å²) in [5, 5.41) is 19.4. The van der Waals surface area contributed by atoms with Crippen LogP contribution in [0.1, 0.15) is 44.4 Å². The zero-order valence-electron chi connectivity index (χ0n) is 25.2. The van der Waals surface area contributed by atoms with E-state index in [1.807, 2.05) is 26.0 Å². The highest BCUT2D eigenvalue weighted by atomic mass is 16.5. The molecular weight excluding hydrogens is 550 g/mol. The van der Waals surface area contributed by atoms with E-state index in [9.17, 15) is 24.3 Å². The van der Waals surface area contributed by atoms with Gasteiger partial charge in [0.25, 0.3) is 0 Å². The fourth-order valence-electron chi connectivity index (χ4n) is 5.16. The van der Waals surface area contributed by atoms with Crippen LogP contribution in [0.15, 0.2) is 60.8 Å². The molecule has 11 nitrogen and oxygen atoms in total. The lowest BCUT2D eigenvalue weighted by molar-refractivity contribution is -0.145. The number of nitrogens with one attached hydrogen (secondary N) is 3. The van der Waals surface area contributed by atoms with Crippen molar-refractivity contribution in [3.8, 4) is 5.75 Å². The number of carbonyl (C=O) groups excluding carboxylic acids is 4. The largest absolute Gasteiger partial charge is 0.488 e. The second-order valence-electron chi connectivity index (χ2n) is 11.5. The van der Waals surface area contributed by atoms with Gasteiger partial charge in [0.15, 0.2) is 0 Å². The van der Waals surface area contributed by atoms with Gasteiger partial charge in [-0.25, -0.2) is 0 Å². The Balaban J connectivity index is 1.69. The van der Waals surface area contributed by atoms with Gasteiger partial charge in [0.2, 0.25) is 23.6 Å². The summed E-state index contributed by atoms with van der Waals surface area (Å²) in [6, 6.07) is 11.8. The summed E-state index contributed by atoms with van der Waals surface area (Å²) < 4.78 is 6.25. The van der Waals surface area contributed by atoms with Gasteiger partial charge in [-0.15, -0.1) is 0 Å². The van der Waals surface area contributed by atoms with E-state index in [4.69, 9.17) is 4.74 Å². The van der Waals surface area contributed by atoms with Gasteiger partial charge < -0.3 is 30.7 Å². The van der Waals surface area contributed by atoms with Crippen molar-refractivity contribution in [2.24, 2.45) is 5.92 Å². The Labute approximate surface area is 252 Å². The number of aliphatic hydroxyl groups excluding tert-OH is 1. The molecule has 3 aliphatic heterocycles. The molecule has 0 saturated carbocycles. The van der Waals surface area contributed by atoms with Gasteiger partial charge in [0, 0.05) is 19.2 Å². The van der Waals surface area contributed by atoms with E-state index in [1.165, 1.54) is 11.1 Å². The zero-order chi connectivity index (χ0) is 31.3. The third-order valence-corrected chi connectivity index (χ3v) is 7.98. The normalized spacial score (nSPS) is 22.6. The minimum absolute atomic E-state index is 0.196. The number of likely N-dealkylation sites (N-methyl/N-ethyl adjacent to an activating group) is 1. The Bertz CT molecular complexity index is 1330. The van der Waals surface area contributed by atoms with E-state index in [0.29, 0.717) is 17.7 Å². The number of ether oxygens (including phenoxy) is 1. The van der Waals surface area contributed by atoms with E-state index >= 15 is 0 Å². The Morgan fingerprint density at radius 1 is 1.02 bits per heavy atom. The molecule has 0 spiro atoms. The van der Waals surface area contributed by atoms with E-state index in [-0.39, 0.29) is 18.4 Å². The lowest BCUT2D eigenvalue weighted by Gasteiger charge is -2.34. The van der Waals surface area contributed by atoms with Crippen molar-refractivity contribution >= 4 is 29.7 Å². The Hall–Kier alpha value is -4.22. The van der Waals surface area contributed by atoms with Crippen molar-refractivity contribution in [3.63, 3.8) is 0 Å². The standard InChI is InChI=1S/C32H41N5O6/c1-19(2)25(34-29(39)20(3)36(4)5)32(42)37-18-16-24-27(37)31(41)35-26(28(38)22-9-7-6-8-10-22)30(40)33-17-15-21-11-13-23(43-24)14-12-21/h6-15,17,19-20,24-28,38H,16,18H2,1-5H3,(H,33,40)(H,34,39)(H,35,41)/t20-,24+,25+,26-,27+,28+/m0/s1. The van der Waals surface area contributed by atoms with E-state index < -0.39 is 54.1 Å². The van der Waals surface area contributed by atoms with E-state index in [2.05, 4.69) is 16.0 Å². The number of hydrogen-bond donors (Lipinski definition) is 4. The third-order valence-electron chi connectivity index (χ3n) is 7.98. The average Bonchev–Trinajstić information content (AvgIpc) is 3.41. The van der Waals surface area contributed by atoms with Gasteiger partial charge in [-0.3, -0.25) is 24.1 Å². The SMILES string of the molecule is CC(C)[C@@H](NC(=O)[C@H](C)N(C)C)C(=O)N1CC[C@H]2Oc3ccc(cc3)C=CNC(=O)[C@H]([C@H](O)c3ccccc3)NC(=O)[C@@H]21. The van der Waals surface area contributed by atoms with Crippen LogP contribution in [0, 0.1) is 5.92 Å². The maximum absolute atomic E-state index is 14.1. The molecule has 3 aliphatic rings. The van der Waals surface area contributed by atoms with Crippen LogP contribution in [-0.4, -0.2) is 89.4 Å². The second-order valence-corrected chi connectivity index (χ2v) is 11.5. The summed E-state index contributed by atoms with van der Waals surface area (Å²) >= 11 is 0. The van der Waals surface area contributed by atoms with Crippen molar-refractivity contribution < 1.29 is 29.0 Å². The van der Waals surface area contributed by atoms with E-state index in [1.54, 1.807) is 74.5 Å². The Kier molecular flexibility index (Phi) is 10.2. The first kappa shape index (κ1) is 31.7. The minimum atomic E-state index is -1.37. The van der Waals surface area contributed by atoms with Crippen molar-refractivity contribution in [1.82, 2.24) is 25.8 Å². The molecule has 230 valence electrons. The van der Waals surface area contributed by atoms with Crippen molar-refractivity contribution in [2.75, 3.05) is 20.6 Å². The first-order valence-corrected chi connectivity index (χ1v) is 14.5. The molecule has 43 heavy (non-hydrogen) atoms. The molecule has 1 fully saturated rings. The maximum atomic E-state index is 14.1. The van der Waals surface area contributed by atoms with Crippen LogP contribution in [0.2, 0.25) is 0 Å². The molecule has 3 heterocycles.